The Morgan fingerprint density at radius 2 is 2.05 bits per heavy atom. The lowest BCUT2D eigenvalue weighted by atomic mass is 10.1. The molecule has 0 aromatic heterocycles. The minimum Gasteiger partial charge on any atom is -0.493 e. The van der Waals surface area contributed by atoms with Crippen molar-refractivity contribution in [1.82, 2.24) is 4.90 Å². The van der Waals surface area contributed by atoms with Crippen LogP contribution in [0.1, 0.15) is 43.7 Å². The van der Waals surface area contributed by atoms with E-state index >= 15 is 0 Å². The highest BCUT2D eigenvalue weighted by Crippen LogP contribution is 2.21. The standard InChI is InChI=1S/C17H27N3O/c1-3-11-21-16-12-14(2)7-8-15(16)13-19-17(18)20-9-5-4-6-10-20/h7-8,12H,3-6,9-11,13H2,1-2H3,(H2,18,19). The number of piperidine rings is 1. The van der Waals surface area contributed by atoms with E-state index < -0.39 is 0 Å². The van der Waals surface area contributed by atoms with Crippen LogP contribution in [-0.2, 0) is 6.54 Å². The molecule has 0 atom stereocenters. The molecule has 1 aromatic carbocycles. The zero-order valence-electron chi connectivity index (χ0n) is 13.3. The van der Waals surface area contributed by atoms with E-state index in [-0.39, 0.29) is 0 Å². The number of benzene rings is 1. The lowest BCUT2D eigenvalue weighted by Crippen LogP contribution is -2.40. The summed E-state index contributed by atoms with van der Waals surface area (Å²) in [6.07, 6.45) is 4.74. The smallest absolute Gasteiger partial charge is 0.191 e. The molecule has 2 rings (SSSR count). The summed E-state index contributed by atoms with van der Waals surface area (Å²) >= 11 is 0. The van der Waals surface area contributed by atoms with Gasteiger partial charge in [0.25, 0.3) is 0 Å². The van der Waals surface area contributed by atoms with Crippen molar-refractivity contribution in [3.05, 3.63) is 29.3 Å². The summed E-state index contributed by atoms with van der Waals surface area (Å²) in [5, 5.41) is 0. The summed E-state index contributed by atoms with van der Waals surface area (Å²) in [4.78, 5) is 6.74. The van der Waals surface area contributed by atoms with Gasteiger partial charge in [-0.3, -0.25) is 0 Å². The number of rotatable bonds is 5. The van der Waals surface area contributed by atoms with Gasteiger partial charge in [-0.05, 0) is 44.2 Å². The van der Waals surface area contributed by atoms with Gasteiger partial charge in [-0.25, -0.2) is 4.99 Å². The summed E-state index contributed by atoms with van der Waals surface area (Å²) in [6, 6.07) is 6.27. The summed E-state index contributed by atoms with van der Waals surface area (Å²) < 4.78 is 5.82. The fourth-order valence-corrected chi connectivity index (χ4v) is 2.53. The minimum atomic E-state index is 0.585. The summed E-state index contributed by atoms with van der Waals surface area (Å²) in [6.45, 7) is 7.57. The molecule has 1 saturated heterocycles. The number of aliphatic imine (C=N–C) groups is 1. The number of hydrogen-bond acceptors (Lipinski definition) is 2. The van der Waals surface area contributed by atoms with E-state index in [2.05, 4.69) is 41.9 Å². The summed E-state index contributed by atoms with van der Waals surface area (Å²) in [7, 11) is 0. The van der Waals surface area contributed by atoms with Crippen LogP contribution in [0.2, 0.25) is 0 Å². The van der Waals surface area contributed by atoms with Gasteiger partial charge in [-0.2, -0.15) is 0 Å². The van der Waals surface area contributed by atoms with E-state index in [4.69, 9.17) is 10.5 Å². The second-order valence-electron chi connectivity index (χ2n) is 5.68. The Labute approximate surface area is 128 Å². The Morgan fingerprint density at radius 3 is 2.76 bits per heavy atom. The van der Waals surface area contributed by atoms with Crippen LogP contribution < -0.4 is 10.5 Å². The van der Waals surface area contributed by atoms with Crippen molar-refractivity contribution in [2.24, 2.45) is 10.7 Å². The van der Waals surface area contributed by atoms with Crippen LogP contribution in [0.3, 0.4) is 0 Å². The van der Waals surface area contributed by atoms with Gasteiger partial charge in [0.1, 0.15) is 5.75 Å². The van der Waals surface area contributed by atoms with Crippen molar-refractivity contribution >= 4 is 5.96 Å². The predicted octanol–water partition coefficient (Wildman–Crippen LogP) is 3.08. The molecule has 1 aliphatic heterocycles. The van der Waals surface area contributed by atoms with Crippen molar-refractivity contribution in [3.8, 4) is 5.75 Å². The molecule has 21 heavy (non-hydrogen) atoms. The second-order valence-corrected chi connectivity index (χ2v) is 5.68. The van der Waals surface area contributed by atoms with Gasteiger partial charge in [0.15, 0.2) is 5.96 Å². The van der Waals surface area contributed by atoms with Gasteiger partial charge in [0.2, 0.25) is 0 Å². The third kappa shape index (κ3) is 4.66. The van der Waals surface area contributed by atoms with Gasteiger partial charge >= 0.3 is 0 Å². The first-order valence-electron chi connectivity index (χ1n) is 7.98. The average Bonchev–Trinajstić information content (AvgIpc) is 2.52. The molecule has 0 aliphatic carbocycles. The molecule has 1 aliphatic rings. The van der Waals surface area contributed by atoms with Crippen LogP contribution in [0.15, 0.2) is 23.2 Å². The van der Waals surface area contributed by atoms with Crippen LogP contribution >= 0.6 is 0 Å². The summed E-state index contributed by atoms with van der Waals surface area (Å²) in [5.41, 5.74) is 8.42. The number of ether oxygens (including phenoxy) is 1. The van der Waals surface area contributed by atoms with E-state index in [1.54, 1.807) is 0 Å². The molecular weight excluding hydrogens is 262 g/mol. The molecule has 1 heterocycles. The zero-order valence-corrected chi connectivity index (χ0v) is 13.3. The first-order valence-corrected chi connectivity index (χ1v) is 7.98. The third-order valence-electron chi connectivity index (χ3n) is 3.78. The second kappa shape index (κ2) is 7.91. The first kappa shape index (κ1) is 15.7. The van der Waals surface area contributed by atoms with E-state index in [0.29, 0.717) is 12.5 Å². The Kier molecular flexibility index (Phi) is 5.90. The first-order chi connectivity index (χ1) is 10.2. The molecule has 0 radical (unpaired) electrons. The number of guanidine groups is 1. The van der Waals surface area contributed by atoms with E-state index in [0.717, 1.165) is 37.4 Å². The average molecular weight is 289 g/mol. The molecule has 2 N–H and O–H groups in total. The zero-order chi connectivity index (χ0) is 15.1. The quantitative estimate of drug-likeness (QED) is 0.669. The predicted molar refractivity (Wildman–Crippen MR) is 87.7 cm³/mol. The van der Waals surface area contributed by atoms with Gasteiger partial charge in [-0.1, -0.05) is 19.1 Å². The van der Waals surface area contributed by atoms with Crippen molar-refractivity contribution in [3.63, 3.8) is 0 Å². The molecule has 0 saturated carbocycles. The number of hydrogen-bond donors (Lipinski definition) is 1. The van der Waals surface area contributed by atoms with Crippen LogP contribution in [-0.4, -0.2) is 30.6 Å². The Balaban J connectivity index is 2.03. The maximum absolute atomic E-state index is 6.11. The van der Waals surface area contributed by atoms with Crippen LogP contribution in [0.25, 0.3) is 0 Å². The van der Waals surface area contributed by atoms with Crippen molar-refractivity contribution in [2.75, 3.05) is 19.7 Å². The van der Waals surface area contributed by atoms with Gasteiger partial charge in [-0.15, -0.1) is 0 Å². The van der Waals surface area contributed by atoms with Gasteiger partial charge in [0, 0.05) is 18.7 Å². The highest BCUT2D eigenvalue weighted by molar-refractivity contribution is 5.78. The molecule has 1 fully saturated rings. The van der Waals surface area contributed by atoms with Crippen LogP contribution in [0, 0.1) is 6.92 Å². The molecule has 116 valence electrons. The Morgan fingerprint density at radius 1 is 1.29 bits per heavy atom. The largest absolute Gasteiger partial charge is 0.493 e. The molecule has 0 spiro atoms. The molecule has 0 unspecified atom stereocenters. The lowest BCUT2D eigenvalue weighted by Gasteiger charge is -2.27. The molecule has 4 heteroatoms. The number of aryl methyl sites for hydroxylation is 1. The molecule has 0 bridgehead atoms. The highest BCUT2D eigenvalue weighted by atomic mass is 16.5. The molecular formula is C17H27N3O. The Bertz CT molecular complexity index is 479. The highest BCUT2D eigenvalue weighted by Gasteiger charge is 2.12. The molecule has 4 nitrogen and oxygen atoms in total. The van der Waals surface area contributed by atoms with Gasteiger partial charge in [0.05, 0.1) is 13.2 Å². The van der Waals surface area contributed by atoms with Crippen LogP contribution in [0.4, 0.5) is 0 Å². The van der Waals surface area contributed by atoms with Crippen LogP contribution in [0.5, 0.6) is 5.75 Å². The van der Waals surface area contributed by atoms with E-state index in [9.17, 15) is 0 Å². The van der Waals surface area contributed by atoms with E-state index in [1.807, 2.05) is 0 Å². The van der Waals surface area contributed by atoms with Crippen molar-refractivity contribution in [1.29, 1.82) is 0 Å². The Hall–Kier alpha value is -1.71. The third-order valence-corrected chi connectivity index (χ3v) is 3.78. The number of nitrogens with zero attached hydrogens (tertiary/aromatic N) is 2. The SMILES string of the molecule is CCCOc1cc(C)ccc1CN=C(N)N1CCCCC1. The maximum Gasteiger partial charge on any atom is 0.191 e. The molecule has 0 amide bonds. The number of nitrogens with two attached hydrogens (primary N) is 1. The fourth-order valence-electron chi connectivity index (χ4n) is 2.53. The lowest BCUT2D eigenvalue weighted by molar-refractivity contribution is 0.313. The van der Waals surface area contributed by atoms with Crippen molar-refractivity contribution < 1.29 is 4.74 Å². The maximum atomic E-state index is 6.11. The van der Waals surface area contributed by atoms with E-state index in [1.165, 1.54) is 24.8 Å². The van der Waals surface area contributed by atoms with Gasteiger partial charge < -0.3 is 15.4 Å². The fraction of sp³-hybridized carbons (Fsp3) is 0.588. The number of likely N-dealkylation sites (tertiary alicyclic amines) is 1. The summed E-state index contributed by atoms with van der Waals surface area (Å²) in [5.74, 6) is 1.60. The normalized spacial score (nSPS) is 16.1. The monoisotopic (exact) mass is 289 g/mol. The van der Waals surface area contributed by atoms with Crippen molar-refractivity contribution in [2.45, 2.75) is 46.1 Å². The molecule has 1 aromatic rings. The topological polar surface area (TPSA) is 50.9 Å². The minimum absolute atomic E-state index is 0.585.